The van der Waals surface area contributed by atoms with E-state index in [4.69, 9.17) is 10.8 Å². The molecule has 0 saturated heterocycles. The Balaban J connectivity index is 2.48. The average Bonchev–Trinajstić information content (AvgIpc) is 2.35. The van der Waals surface area contributed by atoms with Gasteiger partial charge in [-0.25, -0.2) is 4.79 Å². The van der Waals surface area contributed by atoms with Crippen molar-refractivity contribution in [3.8, 4) is 11.8 Å². The molecule has 0 fully saturated rings. The lowest BCUT2D eigenvalue weighted by molar-refractivity contribution is -0.112. The quantitative estimate of drug-likeness (QED) is 0.737. The summed E-state index contributed by atoms with van der Waals surface area (Å²) in [5.41, 5.74) is 5.82. The molecule has 2 aromatic rings. The number of amides is 1. The lowest BCUT2D eigenvalue weighted by Crippen LogP contribution is -2.06. The molecule has 0 spiro atoms. The molecule has 88 valence electrons. The Labute approximate surface area is 103 Å². The van der Waals surface area contributed by atoms with E-state index >= 15 is 0 Å². The van der Waals surface area contributed by atoms with Gasteiger partial charge in [-0.15, -0.1) is 0 Å². The third kappa shape index (κ3) is 2.47. The van der Waals surface area contributed by atoms with Gasteiger partial charge in [0, 0.05) is 5.56 Å². The molecule has 0 radical (unpaired) electrons. The number of carbonyl (C=O) groups excluding carboxylic acids is 1. The van der Waals surface area contributed by atoms with Gasteiger partial charge in [-0.3, -0.25) is 4.79 Å². The van der Waals surface area contributed by atoms with Crippen LogP contribution in [0.2, 0.25) is 0 Å². The molecule has 0 atom stereocenters. The maximum atomic E-state index is 10.8. The summed E-state index contributed by atoms with van der Waals surface area (Å²) >= 11 is 0. The van der Waals surface area contributed by atoms with E-state index in [0.29, 0.717) is 5.56 Å². The second kappa shape index (κ2) is 4.60. The van der Waals surface area contributed by atoms with Crippen LogP contribution >= 0.6 is 0 Å². The first kappa shape index (κ1) is 11.7. The van der Waals surface area contributed by atoms with Crippen molar-refractivity contribution in [2.45, 2.75) is 0 Å². The second-order valence-electron chi connectivity index (χ2n) is 3.70. The highest BCUT2D eigenvalue weighted by Crippen LogP contribution is 2.17. The van der Waals surface area contributed by atoms with Crippen molar-refractivity contribution in [3.63, 3.8) is 0 Å². The number of nitrogens with two attached hydrogens (primary N) is 1. The highest BCUT2D eigenvalue weighted by Gasteiger charge is 2.03. The van der Waals surface area contributed by atoms with Gasteiger partial charge in [0.1, 0.15) is 0 Å². The molecule has 0 aliphatic heterocycles. The number of primary amides is 1. The standard InChI is InChI=1S/C14H9NO3/c15-13(16)6-2-9-1-3-11-8-12(14(17)18)5-4-10(11)7-9/h1,3-5,7-8H,(H2,15,16)(H,17,18). The smallest absolute Gasteiger partial charge is 0.335 e. The van der Waals surface area contributed by atoms with Gasteiger partial charge in [-0.2, -0.15) is 0 Å². The summed E-state index contributed by atoms with van der Waals surface area (Å²) in [6, 6.07) is 10.1. The Morgan fingerprint density at radius 1 is 1.06 bits per heavy atom. The van der Waals surface area contributed by atoms with Gasteiger partial charge in [0.25, 0.3) is 5.91 Å². The van der Waals surface area contributed by atoms with Gasteiger partial charge < -0.3 is 10.8 Å². The zero-order chi connectivity index (χ0) is 13.1. The lowest BCUT2D eigenvalue weighted by Gasteiger charge is -2.00. The molecule has 0 aliphatic carbocycles. The maximum Gasteiger partial charge on any atom is 0.335 e. The van der Waals surface area contributed by atoms with E-state index in [1.165, 1.54) is 6.07 Å². The predicted molar refractivity (Wildman–Crippen MR) is 67.0 cm³/mol. The Morgan fingerprint density at radius 2 is 1.72 bits per heavy atom. The molecule has 4 heteroatoms. The number of hydrogen-bond donors (Lipinski definition) is 2. The minimum Gasteiger partial charge on any atom is -0.478 e. The summed E-state index contributed by atoms with van der Waals surface area (Å²) in [6.45, 7) is 0. The van der Waals surface area contributed by atoms with Crippen LogP contribution in [0.4, 0.5) is 0 Å². The van der Waals surface area contributed by atoms with Crippen molar-refractivity contribution >= 4 is 22.6 Å². The van der Waals surface area contributed by atoms with Gasteiger partial charge in [-0.05, 0) is 41.0 Å². The largest absolute Gasteiger partial charge is 0.478 e. The first-order valence-electron chi connectivity index (χ1n) is 5.15. The second-order valence-corrected chi connectivity index (χ2v) is 3.70. The molecule has 0 aliphatic rings. The fourth-order valence-electron chi connectivity index (χ4n) is 1.59. The Kier molecular flexibility index (Phi) is 2.98. The molecule has 0 unspecified atom stereocenters. The first-order valence-corrected chi connectivity index (χ1v) is 5.15. The minimum atomic E-state index is -0.963. The fourth-order valence-corrected chi connectivity index (χ4v) is 1.59. The van der Waals surface area contributed by atoms with E-state index in [0.717, 1.165) is 10.8 Å². The molecule has 4 nitrogen and oxygen atoms in total. The first-order chi connectivity index (χ1) is 8.56. The SMILES string of the molecule is NC(=O)C#Cc1ccc2cc(C(=O)O)ccc2c1. The van der Waals surface area contributed by atoms with Gasteiger partial charge in [-0.1, -0.05) is 18.1 Å². The average molecular weight is 239 g/mol. The van der Waals surface area contributed by atoms with E-state index < -0.39 is 11.9 Å². The van der Waals surface area contributed by atoms with Crippen molar-refractivity contribution in [2.24, 2.45) is 5.73 Å². The molecule has 0 saturated carbocycles. The van der Waals surface area contributed by atoms with Crippen LogP contribution in [-0.2, 0) is 4.79 Å². The Hall–Kier alpha value is -2.80. The molecule has 18 heavy (non-hydrogen) atoms. The van der Waals surface area contributed by atoms with E-state index in [-0.39, 0.29) is 5.56 Å². The highest BCUT2D eigenvalue weighted by molar-refractivity contribution is 5.95. The number of benzene rings is 2. The highest BCUT2D eigenvalue weighted by atomic mass is 16.4. The molecule has 2 rings (SSSR count). The monoisotopic (exact) mass is 239 g/mol. The van der Waals surface area contributed by atoms with E-state index in [1.54, 1.807) is 30.3 Å². The topological polar surface area (TPSA) is 80.4 Å². The van der Waals surface area contributed by atoms with Crippen LogP contribution < -0.4 is 5.73 Å². The van der Waals surface area contributed by atoms with Crippen molar-refractivity contribution in [1.82, 2.24) is 0 Å². The van der Waals surface area contributed by atoms with Gasteiger partial charge in [0.2, 0.25) is 0 Å². The van der Waals surface area contributed by atoms with Crippen molar-refractivity contribution in [1.29, 1.82) is 0 Å². The Bertz CT molecular complexity index is 708. The number of hydrogen-bond acceptors (Lipinski definition) is 2. The van der Waals surface area contributed by atoms with Gasteiger partial charge in [0.05, 0.1) is 5.56 Å². The summed E-state index contributed by atoms with van der Waals surface area (Å²) in [6.07, 6.45) is 0. The third-order valence-corrected chi connectivity index (χ3v) is 2.42. The molecule has 0 heterocycles. The van der Waals surface area contributed by atoms with E-state index in [1.807, 2.05) is 0 Å². The summed E-state index contributed by atoms with van der Waals surface area (Å²) < 4.78 is 0. The van der Waals surface area contributed by atoms with Crippen LogP contribution in [-0.4, -0.2) is 17.0 Å². The van der Waals surface area contributed by atoms with Crippen LogP contribution in [0.5, 0.6) is 0 Å². The number of carboxylic acids is 1. The summed E-state index contributed by atoms with van der Waals surface area (Å²) in [4.78, 5) is 21.4. The van der Waals surface area contributed by atoms with Crippen LogP contribution in [0.25, 0.3) is 10.8 Å². The molecule has 3 N–H and O–H groups in total. The summed E-state index contributed by atoms with van der Waals surface area (Å²) in [7, 11) is 0. The number of carboxylic acid groups (broad SMARTS) is 1. The summed E-state index contributed by atoms with van der Waals surface area (Å²) in [5.74, 6) is 3.24. The van der Waals surface area contributed by atoms with Crippen molar-refractivity contribution in [2.75, 3.05) is 0 Å². The van der Waals surface area contributed by atoms with Crippen LogP contribution in [0.3, 0.4) is 0 Å². The number of aromatic carboxylic acids is 1. The fraction of sp³-hybridized carbons (Fsp3) is 0. The molecular weight excluding hydrogens is 230 g/mol. The molecule has 1 amide bonds. The number of carbonyl (C=O) groups is 2. The Morgan fingerprint density at radius 3 is 2.39 bits per heavy atom. The number of rotatable bonds is 1. The van der Waals surface area contributed by atoms with Gasteiger partial charge in [0.15, 0.2) is 0 Å². The normalized spacial score (nSPS) is 9.56. The predicted octanol–water partition coefficient (Wildman–Crippen LogP) is 1.37. The van der Waals surface area contributed by atoms with Crippen LogP contribution in [0.1, 0.15) is 15.9 Å². The van der Waals surface area contributed by atoms with E-state index in [9.17, 15) is 9.59 Å². The van der Waals surface area contributed by atoms with Crippen LogP contribution in [0.15, 0.2) is 36.4 Å². The molecular formula is C14H9NO3. The maximum absolute atomic E-state index is 10.8. The van der Waals surface area contributed by atoms with Crippen molar-refractivity contribution < 1.29 is 14.7 Å². The summed E-state index contributed by atoms with van der Waals surface area (Å²) in [5, 5.41) is 10.5. The number of fused-ring (bicyclic) bond motifs is 1. The minimum absolute atomic E-state index is 0.235. The molecule has 0 aromatic heterocycles. The third-order valence-electron chi connectivity index (χ3n) is 2.42. The zero-order valence-electron chi connectivity index (χ0n) is 9.31. The lowest BCUT2D eigenvalue weighted by atomic mass is 10.0. The molecule has 2 aromatic carbocycles. The van der Waals surface area contributed by atoms with Crippen LogP contribution in [0, 0.1) is 11.8 Å². The molecule has 0 bridgehead atoms. The van der Waals surface area contributed by atoms with Crippen molar-refractivity contribution in [3.05, 3.63) is 47.5 Å². The van der Waals surface area contributed by atoms with E-state index in [2.05, 4.69) is 11.8 Å². The van der Waals surface area contributed by atoms with Gasteiger partial charge >= 0.3 is 5.97 Å². The zero-order valence-corrected chi connectivity index (χ0v) is 9.31.